The van der Waals surface area contributed by atoms with Crippen LogP contribution in [-0.4, -0.2) is 14.4 Å². The van der Waals surface area contributed by atoms with E-state index in [4.69, 9.17) is 33.1 Å². The van der Waals surface area contributed by atoms with Gasteiger partial charge in [-0.25, -0.2) is 18.4 Å². The fourth-order valence-electron chi connectivity index (χ4n) is 1.70. The molecule has 0 saturated heterocycles. The van der Waals surface area contributed by atoms with E-state index in [1.54, 1.807) is 24.3 Å². The maximum atomic E-state index is 12.0. The van der Waals surface area contributed by atoms with E-state index in [0.29, 0.717) is 0 Å². The van der Waals surface area contributed by atoms with Crippen LogP contribution in [0.2, 0.25) is 10.0 Å². The molecule has 8 heteroatoms. The van der Waals surface area contributed by atoms with Gasteiger partial charge in [0, 0.05) is 0 Å². The summed E-state index contributed by atoms with van der Waals surface area (Å²) < 4.78 is 27.9. The van der Waals surface area contributed by atoms with Crippen LogP contribution >= 0.6 is 23.2 Å². The second kappa shape index (κ2) is 6.66. The molecule has 0 radical (unpaired) electrons. The highest BCUT2D eigenvalue weighted by molar-refractivity contribution is 7.89. The third-order valence-electron chi connectivity index (χ3n) is 2.76. The molecule has 0 aliphatic heterocycles. The van der Waals surface area contributed by atoms with Gasteiger partial charge in [-0.2, -0.15) is 0 Å². The van der Waals surface area contributed by atoms with Crippen LogP contribution in [0.3, 0.4) is 0 Å². The van der Waals surface area contributed by atoms with Gasteiger partial charge in [0.1, 0.15) is 11.5 Å². The second-order valence-electron chi connectivity index (χ2n) is 4.37. The molecule has 116 valence electrons. The van der Waals surface area contributed by atoms with Crippen molar-refractivity contribution in [3.63, 3.8) is 0 Å². The lowest BCUT2D eigenvalue weighted by Gasteiger charge is -2.09. The van der Waals surface area contributed by atoms with Gasteiger partial charge in [-0.05, 0) is 17.7 Å². The fourth-order valence-corrected chi connectivity index (χ4v) is 3.10. The predicted molar refractivity (Wildman–Crippen MR) is 83.4 cm³/mol. The number of benzene rings is 2. The lowest BCUT2D eigenvalue weighted by molar-refractivity contribution is 0.0472. The van der Waals surface area contributed by atoms with Crippen molar-refractivity contribution in [1.29, 1.82) is 0 Å². The van der Waals surface area contributed by atoms with Crippen LogP contribution in [0.1, 0.15) is 15.9 Å². The molecule has 0 fully saturated rings. The van der Waals surface area contributed by atoms with E-state index >= 15 is 0 Å². The van der Waals surface area contributed by atoms with Gasteiger partial charge in [-0.15, -0.1) is 0 Å². The first kappa shape index (κ1) is 16.8. The molecule has 2 aromatic carbocycles. The van der Waals surface area contributed by atoms with Crippen molar-refractivity contribution < 1.29 is 17.9 Å². The Balaban J connectivity index is 2.26. The average Bonchev–Trinajstić information content (AvgIpc) is 2.44. The highest BCUT2D eigenvalue weighted by Gasteiger charge is 2.20. The Kier molecular flexibility index (Phi) is 5.08. The molecule has 0 saturated carbocycles. The molecule has 0 amide bonds. The van der Waals surface area contributed by atoms with Gasteiger partial charge in [-0.1, -0.05) is 53.5 Å². The number of rotatable bonds is 4. The lowest BCUT2D eigenvalue weighted by atomic mass is 10.2. The van der Waals surface area contributed by atoms with E-state index in [1.807, 2.05) is 6.07 Å². The monoisotopic (exact) mass is 359 g/mol. The molecule has 0 spiro atoms. The number of ether oxygens (including phenoxy) is 1. The molecule has 2 aromatic rings. The number of esters is 1. The minimum absolute atomic E-state index is 0.0181. The first-order valence-corrected chi connectivity index (χ1v) is 8.32. The summed E-state index contributed by atoms with van der Waals surface area (Å²) in [6.45, 7) is 0.0311. The van der Waals surface area contributed by atoms with Crippen LogP contribution in [0, 0.1) is 0 Å². The number of sulfonamides is 1. The topological polar surface area (TPSA) is 86.5 Å². The number of nitrogens with two attached hydrogens (primary N) is 1. The second-order valence-corrected chi connectivity index (χ2v) is 6.71. The smallest absolute Gasteiger partial charge is 0.340 e. The van der Waals surface area contributed by atoms with Gasteiger partial charge in [-0.3, -0.25) is 0 Å². The summed E-state index contributed by atoms with van der Waals surface area (Å²) in [5.74, 6) is -0.768. The standard InChI is InChI=1S/C14H11Cl2NO4S/c15-11-7-12(16)13(22(17,19)20)6-10(11)14(18)21-8-9-4-2-1-3-5-9/h1-7H,8H2,(H2,17,19,20). The van der Waals surface area contributed by atoms with Gasteiger partial charge >= 0.3 is 5.97 Å². The number of primary sulfonamides is 1. The molecule has 5 nitrogen and oxygen atoms in total. The normalized spacial score (nSPS) is 11.2. The zero-order chi connectivity index (χ0) is 16.3. The molecule has 2 rings (SSSR count). The molecule has 0 aliphatic carbocycles. The van der Waals surface area contributed by atoms with E-state index < -0.39 is 16.0 Å². The van der Waals surface area contributed by atoms with Crippen LogP contribution in [0.15, 0.2) is 47.4 Å². The summed E-state index contributed by atoms with van der Waals surface area (Å²) >= 11 is 11.7. The number of carbonyl (C=O) groups excluding carboxylic acids is 1. The molecule has 2 N–H and O–H groups in total. The Hall–Kier alpha value is -1.60. The minimum Gasteiger partial charge on any atom is -0.457 e. The minimum atomic E-state index is -4.07. The van der Waals surface area contributed by atoms with Gasteiger partial charge in [0.2, 0.25) is 10.0 Å². The van der Waals surface area contributed by atoms with Crippen molar-refractivity contribution in [2.24, 2.45) is 5.14 Å². The summed E-state index contributed by atoms with van der Waals surface area (Å²) in [6.07, 6.45) is 0. The Morgan fingerprint density at radius 2 is 1.73 bits per heavy atom. The summed E-state index contributed by atoms with van der Waals surface area (Å²) in [5, 5.41) is 4.86. The van der Waals surface area contributed by atoms with Gasteiger partial charge in [0.25, 0.3) is 0 Å². The zero-order valence-corrected chi connectivity index (χ0v) is 13.5. The molecule has 0 unspecified atom stereocenters. The van der Waals surface area contributed by atoms with Gasteiger partial charge in [0.05, 0.1) is 15.6 Å². The third-order valence-corrected chi connectivity index (χ3v) is 4.45. The Morgan fingerprint density at radius 1 is 1.09 bits per heavy atom. The largest absolute Gasteiger partial charge is 0.457 e. The van der Waals surface area contributed by atoms with E-state index in [0.717, 1.165) is 17.7 Å². The van der Waals surface area contributed by atoms with Gasteiger partial charge in [0.15, 0.2) is 0 Å². The van der Waals surface area contributed by atoms with Crippen LogP contribution in [0.4, 0.5) is 0 Å². The maximum absolute atomic E-state index is 12.0. The number of halogens is 2. The summed E-state index contributed by atoms with van der Waals surface area (Å²) in [5.41, 5.74) is 0.665. The average molecular weight is 360 g/mol. The highest BCUT2D eigenvalue weighted by Crippen LogP contribution is 2.28. The van der Waals surface area contributed by atoms with Crippen molar-refractivity contribution in [1.82, 2.24) is 0 Å². The van der Waals surface area contributed by atoms with E-state index in [2.05, 4.69) is 0 Å². The highest BCUT2D eigenvalue weighted by atomic mass is 35.5. The van der Waals surface area contributed by atoms with Crippen LogP contribution in [-0.2, 0) is 21.4 Å². The summed E-state index contributed by atoms with van der Waals surface area (Å²) in [4.78, 5) is 11.7. The quantitative estimate of drug-likeness (QED) is 0.850. The number of hydrogen-bond donors (Lipinski definition) is 1. The van der Waals surface area contributed by atoms with Crippen LogP contribution in [0.25, 0.3) is 0 Å². The Bertz CT molecular complexity index is 807. The number of carbonyl (C=O) groups is 1. The molecule has 0 heterocycles. The van der Waals surface area contributed by atoms with E-state index in [9.17, 15) is 13.2 Å². The molecule has 0 atom stereocenters. The van der Waals surface area contributed by atoms with Crippen molar-refractivity contribution >= 4 is 39.2 Å². The summed E-state index contributed by atoms with van der Waals surface area (Å²) in [6, 6.07) is 11.2. The summed E-state index contributed by atoms with van der Waals surface area (Å²) in [7, 11) is -4.07. The zero-order valence-electron chi connectivity index (χ0n) is 11.1. The van der Waals surface area contributed by atoms with Crippen LogP contribution < -0.4 is 5.14 Å². The fraction of sp³-hybridized carbons (Fsp3) is 0.0714. The Labute approximate surface area is 137 Å². The molecule has 0 aromatic heterocycles. The maximum Gasteiger partial charge on any atom is 0.340 e. The lowest BCUT2D eigenvalue weighted by Crippen LogP contribution is -2.15. The molecule has 22 heavy (non-hydrogen) atoms. The number of hydrogen-bond acceptors (Lipinski definition) is 4. The first-order valence-electron chi connectivity index (χ1n) is 6.02. The predicted octanol–water partition coefficient (Wildman–Crippen LogP) is 3.00. The third kappa shape index (κ3) is 3.98. The van der Waals surface area contributed by atoms with E-state index in [-0.39, 0.29) is 27.1 Å². The Morgan fingerprint density at radius 3 is 2.32 bits per heavy atom. The molecule has 0 bridgehead atoms. The van der Waals surface area contributed by atoms with Crippen molar-refractivity contribution in [3.8, 4) is 0 Å². The molecule has 0 aliphatic rings. The van der Waals surface area contributed by atoms with E-state index in [1.165, 1.54) is 0 Å². The SMILES string of the molecule is NS(=O)(=O)c1cc(C(=O)OCc2ccccc2)c(Cl)cc1Cl. The first-order chi connectivity index (χ1) is 10.3. The van der Waals surface area contributed by atoms with Crippen molar-refractivity contribution in [3.05, 3.63) is 63.6 Å². The van der Waals surface area contributed by atoms with Crippen molar-refractivity contribution in [2.45, 2.75) is 11.5 Å². The molecular weight excluding hydrogens is 349 g/mol. The van der Waals surface area contributed by atoms with Crippen LogP contribution in [0.5, 0.6) is 0 Å². The van der Waals surface area contributed by atoms with Gasteiger partial charge < -0.3 is 4.74 Å². The van der Waals surface area contributed by atoms with Crippen molar-refractivity contribution in [2.75, 3.05) is 0 Å². The molecular formula is C14H11Cl2NO4S.